The van der Waals surface area contributed by atoms with Crippen molar-refractivity contribution in [1.29, 1.82) is 0 Å². The number of nitrogens with zero attached hydrogens (tertiary/aromatic N) is 1. The molecule has 1 aromatic heterocycles. The minimum atomic E-state index is -0.518. The number of benzene rings is 2. The summed E-state index contributed by atoms with van der Waals surface area (Å²) in [5, 5.41) is 1.19. The van der Waals surface area contributed by atoms with Crippen LogP contribution in [0.1, 0.15) is 24.2 Å². The maximum Gasteiger partial charge on any atom is 0.295 e. The molecule has 0 atom stereocenters. The van der Waals surface area contributed by atoms with Crippen LogP contribution in [-0.4, -0.2) is 34.7 Å². The van der Waals surface area contributed by atoms with Gasteiger partial charge in [-0.1, -0.05) is 23.7 Å². The first kappa shape index (κ1) is 18.9. The highest BCUT2D eigenvalue weighted by molar-refractivity contribution is 14.1. The second-order valence-corrected chi connectivity index (χ2v) is 7.56. The van der Waals surface area contributed by atoms with Crippen LogP contribution in [0, 0.1) is 3.57 Å². The molecule has 0 aliphatic rings. The number of hydrogen-bond acceptors (Lipinski definition) is 2. The second kappa shape index (κ2) is 7.80. The number of aromatic amines is 1. The number of rotatable bonds is 5. The molecule has 0 spiro atoms. The monoisotopic (exact) mass is 480 g/mol. The second-order valence-electron chi connectivity index (χ2n) is 5.88. The van der Waals surface area contributed by atoms with E-state index in [0.29, 0.717) is 34.8 Å². The summed E-state index contributed by atoms with van der Waals surface area (Å²) in [4.78, 5) is 30.6. The van der Waals surface area contributed by atoms with E-state index in [0.717, 1.165) is 14.7 Å². The van der Waals surface area contributed by atoms with Crippen LogP contribution in [0.25, 0.3) is 22.2 Å². The van der Waals surface area contributed by atoms with Crippen molar-refractivity contribution in [1.82, 2.24) is 9.88 Å². The lowest BCUT2D eigenvalue weighted by molar-refractivity contribution is -0.126. The maximum atomic E-state index is 13.1. The summed E-state index contributed by atoms with van der Waals surface area (Å²) in [5.41, 5.74) is 2.65. The van der Waals surface area contributed by atoms with E-state index < -0.39 is 11.7 Å². The first-order chi connectivity index (χ1) is 12.5. The van der Waals surface area contributed by atoms with Gasteiger partial charge in [0.1, 0.15) is 0 Å². The van der Waals surface area contributed by atoms with Gasteiger partial charge in [0, 0.05) is 32.6 Å². The lowest BCUT2D eigenvalue weighted by Gasteiger charge is -2.17. The zero-order chi connectivity index (χ0) is 18.8. The van der Waals surface area contributed by atoms with Crippen LogP contribution in [0.2, 0.25) is 5.02 Å². The zero-order valence-corrected chi connectivity index (χ0v) is 17.4. The summed E-state index contributed by atoms with van der Waals surface area (Å²) < 4.78 is 1.09. The first-order valence-electron chi connectivity index (χ1n) is 8.37. The van der Waals surface area contributed by atoms with Gasteiger partial charge in [0.2, 0.25) is 0 Å². The Hall–Kier alpha value is -1.86. The summed E-state index contributed by atoms with van der Waals surface area (Å²) in [6, 6.07) is 13.1. The number of nitrogens with one attached hydrogen (secondary N) is 1. The molecule has 0 bridgehead atoms. The molecule has 0 radical (unpaired) electrons. The fraction of sp³-hybridized carbons (Fsp3) is 0.200. The molecule has 0 unspecified atom stereocenters. The number of carbonyl (C=O) groups excluding carboxylic acids is 2. The number of hydrogen-bond donors (Lipinski definition) is 1. The fourth-order valence-corrected chi connectivity index (χ4v) is 3.53. The molecule has 2 aromatic carbocycles. The average Bonchev–Trinajstić information content (AvgIpc) is 3.01. The quantitative estimate of drug-likeness (QED) is 0.312. The normalized spacial score (nSPS) is 10.9. The van der Waals surface area contributed by atoms with Gasteiger partial charge in [-0.3, -0.25) is 9.59 Å². The Kier molecular flexibility index (Phi) is 5.67. The minimum absolute atomic E-state index is 0.376. The molecule has 0 fully saturated rings. The molecule has 4 nitrogen and oxygen atoms in total. The standard InChI is InChI=1S/C20H18ClIN2O2/c1-3-24(4-2)20(26)19(25)17-15-11-13(21)7-10-16(15)23-18(17)12-5-8-14(22)9-6-12/h5-11,23H,3-4H2,1-2H3. The van der Waals surface area contributed by atoms with Crippen molar-refractivity contribution in [3.05, 3.63) is 56.6 Å². The van der Waals surface area contributed by atoms with Crippen LogP contribution in [0.4, 0.5) is 0 Å². The molecule has 134 valence electrons. The van der Waals surface area contributed by atoms with Crippen LogP contribution < -0.4 is 0 Å². The van der Waals surface area contributed by atoms with Crippen molar-refractivity contribution >= 4 is 56.8 Å². The topological polar surface area (TPSA) is 53.2 Å². The van der Waals surface area contributed by atoms with E-state index in [2.05, 4.69) is 27.6 Å². The number of carbonyl (C=O) groups is 2. The van der Waals surface area contributed by atoms with Crippen molar-refractivity contribution < 1.29 is 9.59 Å². The van der Waals surface area contributed by atoms with Gasteiger partial charge in [0.25, 0.3) is 11.7 Å². The molecular weight excluding hydrogens is 463 g/mol. The molecular formula is C20H18ClIN2O2. The third kappa shape index (κ3) is 3.50. The first-order valence-corrected chi connectivity index (χ1v) is 9.82. The van der Waals surface area contributed by atoms with Gasteiger partial charge in [0.15, 0.2) is 0 Å². The van der Waals surface area contributed by atoms with E-state index in [1.807, 2.05) is 44.2 Å². The maximum absolute atomic E-state index is 13.1. The van der Waals surface area contributed by atoms with E-state index in [-0.39, 0.29) is 0 Å². The molecule has 1 N–H and O–H groups in total. The van der Waals surface area contributed by atoms with Crippen molar-refractivity contribution in [2.75, 3.05) is 13.1 Å². The van der Waals surface area contributed by atoms with Gasteiger partial charge < -0.3 is 9.88 Å². The predicted molar refractivity (Wildman–Crippen MR) is 114 cm³/mol. The Morgan fingerprint density at radius 3 is 2.35 bits per heavy atom. The van der Waals surface area contributed by atoms with Crippen LogP contribution in [0.15, 0.2) is 42.5 Å². The molecule has 1 heterocycles. The third-order valence-corrected chi connectivity index (χ3v) is 5.32. The molecule has 0 saturated heterocycles. The number of ketones is 1. The van der Waals surface area contributed by atoms with Gasteiger partial charge in [-0.05, 0) is 72.3 Å². The van der Waals surface area contributed by atoms with Crippen LogP contribution in [0.5, 0.6) is 0 Å². The average molecular weight is 481 g/mol. The van der Waals surface area contributed by atoms with Crippen molar-refractivity contribution in [3.63, 3.8) is 0 Å². The lowest BCUT2D eigenvalue weighted by Crippen LogP contribution is -2.36. The molecule has 26 heavy (non-hydrogen) atoms. The number of fused-ring (bicyclic) bond motifs is 1. The summed E-state index contributed by atoms with van der Waals surface area (Å²) in [6.07, 6.45) is 0. The number of amides is 1. The Bertz CT molecular complexity index is 975. The third-order valence-electron chi connectivity index (χ3n) is 4.37. The van der Waals surface area contributed by atoms with E-state index >= 15 is 0 Å². The van der Waals surface area contributed by atoms with Gasteiger partial charge >= 0.3 is 0 Å². The summed E-state index contributed by atoms with van der Waals surface area (Å²) in [5.74, 6) is -1.02. The zero-order valence-electron chi connectivity index (χ0n) is 14.5. The number of aromatic nitrogens is 1. The fourth-order valence-electron chi connectivity index (χ4n) is 2.99. The Balaban J connectivity index is 2.22. The Morgan fingerprint density at radius 1 is 1.08 bits per heavy atom. The minimum Gasteiger partial charge on any atom is -0.354 e. The van der Waals surface area contributed by atoms with Gasteiger partial charge in [-0.15, -0.1) is 0 Å². The molecule has 0 aliphatic heterocycles. The van der Waals surface area contributed by atoms with E-state index in [9.17, 15) is 9.59 Å². The SMILES string of the molecule is CCN(CC)C(=O)C(=O)c1c(-c2ccc(I)cc2)[nH]c2ccc(Cl)cc12. The number of H-pyrrole nitrogens is 1. The largest absolute Gasteiger partial charge is 0.354 e. The van der Waals surface area contributed by atoms with E-state index in [4.69, 9.17) is 11.6 Å². The highest BCUT2D eigenvalue weighted by Crippen LogP contribution is 2.33. The van der Waals surface area contributed by atoms with Crippen molar-refractivity contribution in [3.8, 4) is 11.3 Å². The Morgan fingerprint density at radius 2 is 1.73 bits per heavy atom. The lowest BCUT2D eigenvalue weighted by atomic mass is 10.0. The summed E-state index contributed by atoms with van der Waals surface area (Å²) in [6.45, 7) is 4.70. The van der Waals surface area contributed by atoms with Crippen LogP contribution >= 0.6 is 34.2 Å². The number of Topliss-reactive ketones (excluding diaryl/α,β-unsaturated/α-hetero) is 1. The molecule has 6 heteroatoms. The van der Waals surface area contributed by atoms with E-state index in [1.165, 1.54) is 4.90 Å². The number of halogens is 2. The van der Waals surface area contributed by atoms with Gasteiger partial charge in [0.05, 0.1) is 11.3 Å². The van der Waals surface area contributed by atoms with Crippen LogP contribution in [-0.2, 0) is 4.79 Å². The highest BCUT2D eigenvalue weighted by Gasteiger charge is 2.27. The molecule has 3 rings (SSSR count). The molecule has 0 saturated carbocycles. The molecule has 1 amide bonds. The van der Waals surface area contributed by atoms with Crippen molar-refractivity contribution in [2.24, 2.45) is 0 Å². The molecule has 0 aliphatic carbocycles. The number of likely N-dealkylation sites (N-methyl/N-ethyl adjacent to an activating group) is 1. The Labute approximate surface area is 170 Å². The van der Waals surface area contributed by atoms with Gasteiger partial charge in [-0.2, -0.15) is 0 Å². The van der Waals surface area contributed by atoms with Gasteiger partial charge in [-0.25, -0.2) is 0 Å². The summed E-state index contributed by atoms with van der Waals surface area (Å²) >= 11 is 8.38. The van der Waals surface area contributed by atoms with Crippen LogP contribution in [0.3, 0.4) is 0 Å². The van der Waals surface area contributed by atoms with E-state index in [1.54, 1.807) is 12.1 Å². The highest BCUT2D eigenvalue weighted by atomic mass is 127. The smallest absolute Gasteiger partial charge is 0.295 e. The van der Waals surface area contributed by atoms with Crippen molar-refractivity contribution in [2.45, 2.75) is 13.8 Å². The molecule has 3 aromatic rings. The summed E-state index contributed by atoms with van der Waals surface area (Å²) in [7, 11) is 0. The predicted octanol–water partition coefficient (Wildman–Crippen LogP) is 5.14.